The first-order chi connectivity index (χ1) is 28.2. The summed E-state index contributed by atoms with van der Waals surface area (Å²) in [7, 11) is 0. The second kappa shape index (κ2) is 13.6. The van der Waals surface area contributed by atoms with Crippen molar-refractivity contribution in [1.82, 2.24) is 19.5 Å². The molecule has 0 amide bonds. The van der Waals surface area contributed by atoms with E-state index in [2.05, 4.69) is 199 Å². The van der Waals surface area contributed by atoms with Crippen LogP contribution in [0.2, 0.25) is 0 Å². The van der Waals surface area contributed by atoms with Crippen LogP contribution in [0.4, 0.5) is 0 Å². The van der Waals surface area contributed by atoms with Crippen LogP contribution in [0.15, 0.2) is 206 Å². The van der Waals surface area contributed by atoms with Gasteiger partial charge in [0.25, 0.3) is 0 Å². The summed E-state index contributed by atoms with van der Waals surface area (Å²) in [5.74, 6) is 1.61. The van der Waals surface area contributed by atoms with Gasteiger partial charge in [-0.25, -0.2) is 15.0 Å². The van der Waals surface area contributed by atoms with Crippen molar-refractivity contribution < 1.29 is 0 Å². The van der Waals surface area contributed by atoms with Gasteiger partial charge < -0.3 is 0 Å². The minimum Gasteiger partial charge on any atom is -0.291 e. The SMILES string of the molecule is c1ccc(-c2cccc(-c3cc(-c4ccccc4)nc(-c4cccc(-c5ccc(-c6nc7cccc8c7n6-c6ccccc6-c6ccccc6-8)cc5)c4)n3)c2)cc1. The molecule has 1 aliphatic heterocycles. The van der Waals surface area contributed by atoms with Gasteiger partial charge in [-0.2, -0.15) is 0 Å². The molecule has 0 radical (unpaired) electrons. The maximum Gasteiger partial charge on any atom is 0.160 e. The zero-order chi connectivity index (χ0) is 37.7. The van der Waals surface area contributed by atoms with E-state index < -0.39 is 0 Å². The van der Waals surface area contributed by atoms with E-state index in [-0.39, 0.29) is 0 Å². The largest absolute Gasteiger partial charge is 0.291 e. The molecule has 0 atom stereocenters. The van der Waals surface area contributed by atoms with Crippen LogP contribution in [0.3, 0.4) is 0 Å². The van der Waals surface area contributed by atoms with E-state index in [1.54, 1.807) is 0 Å². The molecule has 57 heavy (non-hydrogen) atoms. The van der Waals surface area contributed by atoms with E-state index in [0.717, 1.165) is 72.9 Å². The van der Waals surface area contributed by atoms with Crippen LogP contribution in [-0.2, 0) is 0 Å². The van der Waals surface area contributed by atoms with Gasteiger partial charge in [0.05, 0.1) is 28.1 Å². The number of aromatic nitrogens is 4. The highest BCUT2D eigenvalue weighted by Crippen LogP contribution is 2.45. The van der Waals surface area contributed by atoms with Crippen LogP contribution in [0, 0.1) is 0 Å². The lowest BCUT2D eigenvalue weighted by atomic mass is 9.94. The first-order valence-electron chi connectivity index (χ1n) is 19.3. The van der Waals surface area contributed by atoms with Crippen molar-refractivity contribution in [3.8, 4) is 95.5 Å². The Morgan fingerprint density at radius 3 is 1.53 bits per heavy atom. The number of hydrogen-bond donors (Lipinski definition) is 0. The summed E-state index contributed by atoms with van der Waals surface area (Å²) in [4.78, 5) is 15.6. The van der Waals surface area contributed by atoms with Crippen LogP contribution >= 0.6 is 0 Å². The van der Waals surface area contributed by atoms with Crippen molar-refractivity contribution in [3.63, 3.8) is 0 Å². The molecule has 0 unspecified atom stereocenters. The average Bonchev–Trinajstić information content (AvgIpc) is 3.64. The Morgan fingerprint density at radius 2 is 0.789 bits per heavy atom. The Bertz CT molecular complexity index is 3110. The third kappa shape index (κ3) is 5.74. The molecule has 8 aromatic carbocycles. The summed E-state index contributed by atoms with van der Waals surface area (Å²) in [5.41, 5.74) is 18.5. The van der Waals surface area contributed by atoms with Gasteiger partial charge in [-0.05, 0) is 63.7 Å². The second-order valence-corrected chi connectivity index (χ2v) is 14.4. The van der Waals surface area contributed by atoms with Gasteiger partial charge in [-0.3, -0.25) is 4.57 Å². The summed E-state index contributed by atoms with van der Waals surface area (Å²) < 4.78 is 2.35. The molecule has 0 aliphatic carbocycles. The Kier molecular flexibility index (Phi) is 7.78. The van der Waals surface area contributed by atoms with Crippen LogP contribution < -0.4 is 0 Å². The van der Waals surface area contributed by atoms with Gasteiger partial charge in [-0.15, -0.1) is 0 Å². The Morgan fingerprint density at radius 1 is 0.298 bits per heavy atom. The van der Waals surface area contributed by atoms with Gasteiger partial charge in [0.15, 0.2) is 5.82 Å². The fraction of sp³-hybridized carbons (Fsp3) is 0. The van der Waals surface area contributed by atoms with Crippen molar-refractivity contribution in [2.75, 3.05) is 0 Å². The maximum absolute atomic E-state index is 5.26. The summed E-state index contributed by atoms with van der Waals surface area (Å²) >= 11 is 0. The first kappa shape index (κ1) is 32.7. The topological polar surface area (TPSA) is 43.6 Å². The highest BCUT2D eigenvalue weighted by Gasteiger charge is 2.25. The summed E-state index contributed by atoms with van der Waals surface area (Å²) in [6.07, 6.45) is 0. The number of nitrogens with zero attached hydrogens (tertiary/aromatic N) is 4. The lowest BCUT2D eigenvalue weighted by molar-refractivity contribution is 1.11. The van der Waals surface area contributed by atoms with Crippen molar-refractivity contribution >= 4 is 11.0 Å². The predicted octanol–water partition coefficient (Wildman–Crippen LogP) is 13.5. The summed E-state index contributed by atoms with van der Waals surface area (Å²) in [6, 6.07) is 72.6. The van der Waals surface area contributed by atoms with E-state index in [4.69, 9.17) is 15.0 Å². The molecule has 1 aliphatic rings. The highest BCUT2D eigenvalue weighted by molar-refractivity contribution is 6.03. The summed E-state index contributed by atoms with van der Waals surface area (Å²) in [6.45, 7) is 0. The van der Waals surface area contributed by atoms with E-state index in [1.807, 2.05) is 12.1 Å². The molecule has 0 saturated heterocycles. The predicted molar refractivity (Wildman–Crippen MR) is 234 cm³/mol. The number of rotatable bonds is 6. The minimum absolute atomic E-state index is 0.685. The molecule has 11 rings (SSSR count). The summed E-state index contributed by atoms with van der Waals surface area (Å²) in [5, 5.41) is 0. The molecule has 10 aromatic rings. The monoisotopic (exact) mass is 726 g/mol. The van der Waals surface area contributed by atoms with Crippen LogP contribution in [-0.4, -0.2) is 19.5 Å². The first-order valence-corrected chi connectivity index (χ1v) is 19.3. The Labute approximate surface area is 331 Å². The van der Waals surface area contributed by atoms with Gasteiger partial charge in [0.1, 0.15) is 5.82 Å². The molecule has 266 valence electrons. The number of para-hydroxylation sites is 2. The van der Waals surface area contributed by atoms with Crippen LogP contribution in [0.25, 0.3) is 107 Å². The van der Waals surface area contributed by atoms with E-state index in [9.17, 15) is 0 Å². The molecule has 0 fully saturated rings. The van der Waals surface area contributed by atoms with E-state index >= 15 is 0 Å². The number of benzene rings is 8. The molecule has 4 heteroatoms. The molecule has 0 spiro atoms. The molecule has 3 heterocycles. The smallest absolute Gasteiger partial charge is 0.160 e. The molecular weight excluding hydrogens is 693 g/mol. The fourth-order valence-electron chi connectivity index (χ4n) is 8.24. The van der Waals surface area contributed by atoms with Gasteiger partial charge in [0.2, 0.25) is 0 Å². The Balaban J connectivity index is 0.990. The number of hydrogen-bond acceptors (Lipinski definition) is 3. The van der Waals surface area contributed by atoms with Crippen LogP contribution in [0.5, 0.6) is 0 Å². The zero-order valence-corrected chi connectivity index (χ0v) is 30.9. The lowest BCUT2D eigenvalue weighted by Gasteiger charge is -2.13. The second-order valence-electron chi connectivity index (χ2n) is 14.4. The zero-order valence-electron chi connectivity index (χ0n) is 30.9. The molecule has 4 nitrogen and oxygen atoms in total. The quantitative estimate of drug-likeness (QED) is 0.171. The van der Waals surface area contributed by atoms with Crippen LogP contribution in [0.1, 0.15) is 0 Å². The minimum atomic E-state index is 0.685. The van der Waals surface area contributed by atoms with Gasteiger partial charge in [0, 0.05) is 33.4 Å². The Hall–Kier alpha value is -7.69. The fourth-order valence-corrected chi connectivity index (χ4v) is 8.24. The standard InChI is InChI=1S/C53H34N4/c1-3-14-35(15-4-1)39-18-11-20-41(32-39)49-34-48(37-16-5-2-6-17-37)54-52(55-49)42-21-12-19-40(33-42)36-28-30-38(31-29-36)53-56-47-26-13-25-46-44-23-8-7-22-43(44)45-24-9-10-27-50(45)57(53)51(46)47/h1-34H. The number of imidazole rings is 1. The third-order valence-corrected chi connectivity index (χ3v) is 11.0. The van der Waals surface area contributed by atoms with E-state index in [1.165, 1.54) is 27.8 Å². The maximum atomic E-state index is 5.26. The van der Waals surface area contributed by atoms with Crippen molar-refractivity contribution in [3.05, 3.63) is 206 Å². The molecule has 0 N–H and O–H groups in total. The molecular formula is C53H34N4. The third-order valence-electron chi connectivity index (χ3n) is 11.0. The van der Waals surface area contributed by atoms with Gasteiger partial charge >= 0.3 is 0 Å². The van der Waals surface area contributed by atoms with Crippen molar-refractivity contribution in [2.45, 2.75) is 0 Å². The average molecular weight is 727 g/mol. The highest BCUT2D eigenvalue weighted by atomic mass is 15.1. The molecule has 0 saturated carbocycles. The molecule has 2 aromatic heterocycles. The van der Waals surface area contributed by atoms with Gasteiger partial charge in [-0.1, -0.05) is 176 Å². The normalized spacial score (nSPS) is 11.5. The van der Waals surface area contributed by atoms with Crippen molar-refractivity contribution in [2.24, 2.45) is 0 Å². The number of fused-ring (bicyclic) bond motifs is 5. The molecule has 0 bridgehead atoms. The van der Waals surface area contributed by atoms with E-state index in [0.29, 0.717) is 5.82 Å². The van der Waals surface area contributed by atoms with Crippen molar-refractivity contribution in [1.29, 1.82) is 0 Å². The lowest BCUT2D eigenvalue weighted by Crippen LogP contribution is -1.99.